The molecule has 2 unspecified atom stereocenters. The number of aliphatic carboxylic acids is 1. The standard InChI is InChI=1S/C19H18F3N3O5/c20-19(21,22)18(30)24-7-10-6-9(5-8-3-4-23(15(8)26)11-1-2-11)13(17(28)29)25-12(10)14(24)16(25)27/h5,10-12,14H,1-4,6-7H2,(H,28,29)/b8-5+/t10?,12-,14?/m1/s1. The van der Waals surface area contributed by atoms with Crippen molar-refractivity contribution in [2.45, 2.75) is 50.0 Å². The van der Waals surface area contributed by atoms with Crippen LogP contribution < -0.4 is 0 Å². The third-order valence-electron chi connectivity index (χ3n) is 6.59. The van der Waals surface area contributed by atoms with Gasteiger partial charge in [-0.2, -0.15) is 13.2 Å². The monoisotopic (exact) mass is 425 g/mol. The van der Waals surface area contributed by atoms with Crippen LogP contribution in [0.1, 0.15) is 25.7 Å². The molecule has 5 rings (SSSR count). The van der Waals surface area contributed by atoms with Crippen LogP contribution in [-0.4, -0.2) is 80.9 Å². The molecule has 0 aromatic carbocycles. The summed E-state index contributed by atoms with van der Waals surface area (Å²) in [6.45, 7) is 0.271. The van der Waals surface area contributed by atoms with E-state index in [0.717, 1.165) is 17.7 Å². The zero-order chi connectivity index (χ0) is 21.5. The van der Waals surface area contributed by atoms with Crippen molar-refractivity contribution in [1.29, 1.82) is 0 Å². The van der Waals surface area contributed by atoms with Crippen molar-refractivity contribution in [3.05, 3.63) is 22.9 Å². The van der Waals surface area contributed by atoms with Gasteiger partial charge in [-0.15, -0.1) is 0 Å². The fourth-order valence-electron chi connectivity index (χ4n) is 5.19. The fourth-order valence-corrected chi connectivity index (χ4v) is 5.19. The average Bonchev–Trinajstić information content (AvgIpc) is 3.35. The Morgan fingerprint density at radius 3 is 2.47 bits per heavy atom. The normalized spacial score (nSPS) is 32.2. The Balaban J connectivity index is 1.47. The summed E-state index contributed by atoms with van der Waals surface area (Å²) in [7, 11) is 0. The first-order chi connectivity index (χ1) is 14.1. The van der Waals surface area contributed by atoms with Crippen molar-refractivity contribution in [3.63, 3.8) is 0 Å². The maximum Gasteiger partial charge on any atom is 0.471 e. The van der Waals surface area contributed by atoms with Gasteiger partial charge in [-0.1, -0.05) is 0 Å². The van der Waals surface area contributed by atoms with E-state index in [2.05, 4.69) is 0 Å². The number of likely N-dealkylation sites (tertiary alicyclic amines) is 2. The third-order valence-corrected chi connectivity index (χ3v) is 6.59. The van der Waals surface area contributed by atoms with Gasteiger partial charge in [0, 0.05) is 30.6 Å². The maximum atomic E-state index is 12.9. The second kappa shape index (κ2) is 6.08. The zero-order valence-corrected chi connectivity index (χ0v) is 15.7. The second-order valence-electron chi connectivity index (χ2n) is 8.39. The van der Waals surface area contributed by atoms with E-state index in [1.165, 1.54) is 6.08 Å². The van der Waals surface area contributed by atoms with Crippen molar-refractivity contribution < 1.29 is 37.5 Å². The maximum absolute atomic E-state index is 12.9. The van der Waals surface area contributed by atoms with Crippen LogP contribution in [0.4, 0.5) is 13.2 Å². The van der Waals surface area contributed by atoms with E-state index < -0.39 is 42.0 Å². The van der Waals surface area contributed by atoms with Crippen LogP contribution in [0.5, 0.6) is 0 Å². The van der Waals surface area contributed by atoms with Gasteiger partial charge in [0.15, 0.2) is 0 Å². The molecule has 1 saturated carbocycles. The van der Waals surface area contributed by atoms with Gasteiger partial charge in [-0.05, 0) is 37.3 Å². The highest BCUT2D eigenvalue weighted by Crippen LogP contribution is 2.48. The van der Waals surface area contributed by atoms with E-state index in [1.54, 1.807) is 4.90 Å². The van der Waals surface area contributed by atoms with Gasteiger partial charge in [0.25, 0.3) is 5.91 Å². The van der Waals surface area contributed by atoms with Crippen molar-refractivity contribution in [1.82, 2.24) is 14.7 Å². The molecule has 4 heterocycles. The minimum absolute atomic E-state index is 0.0917. The number of hydrogen-bond acceptors (Lipinski definition) is 4. The number of carbonyl (C=O) groups is 4. The predicted octanol–water partition coefficient (Wildman–Crippen LogP) is 0.650. The minimum atomic E-state index is -5.11. The summed E-state index contributed by atoms with van der Waals surface area (Å²) < 4.78 is 38.8. The van der Waals surface area contributed by atoms with Crippen molar-refractivity contribution >= 4 is 23.7 Å². The lowest BCUT2D eigenvalue weighted by molar-refractivity contribution is -0.190. The number of alkyl halides is 3. The zero-order valence-electron chi connectivity index (χ0n) is 15.7. The SMILES string of the molecule is O=C(O)C1=C(/C=C2\CCN(C3CC3)C2=O)CC2CN(C(=O)C(F)(F)F)C3C(=O)N1[C@H]23. The van der Waals surface area contributed by atoms with Gasteiger partial charge in [0.1, 0.15) is 11.7 Å². The molecule has 0 aromatic rings. The molecule has 4 fully saturated rings. The molecule has 3 atom stereocenters. The Hall–Kier alpha value is -2.85. The quantitative estimate of drug-likeness (QED) is 0.529. The number of amides is 3. The van der Waals surface area contributed by atoms with Gasteiger partial charge in [-0.25, -0.2) is 4.79 Å². The summed E-state index contributed by atoms with van der Waals surface area (Å²) in [6.07, 6.45) is -1.19. The molecule has 3 amide bonds. The molecule has 160 valence electrons. The summed E-state index contributed by atoms with van der Waals surface area (Å²) in [5.41, 5.74) is 0.390. The van der Waals surface area contributed by atoms with E-state index >= 15 is 0 Å². The number of carboxylic acids is 1. The van der Waals surface area contributed by atoms with E-state index in [-0.39, 0.29) is 36.2 Å². The Labute approximate surface area is 168 Å². The predicted molar refractivity (Wildman–Crippen MR) is 92.4 cm³/mol. The number of carboxylic acid groups (broad SMARTS) is 1. The first-order valence-electron chi connectivity index (χ1n) is 9.78. The van der Waals surface area contributed by atoms with E-state index in [9.17, 15) is 37.5 Å². The summed E-state index contributed by atoms with van der Waals surface area (Å²) >= 11 is 0. The Morgan fingerprint density at radius 2 is 1.87 bits per heavy atom. The molecule has 5 aliphatic rings. The lowest BCUT2D eigenvalue weighted by Gasteiger charge is -2.49. The molecule has 0 radical (unpaired) electrons. The fraction of sp³-hybridized carbons (Fsp3) is 0.579. The van der Waals surface area contributed by atoms with Crippen LogP contribution in [0.25, 0.3) is 0 Å². The van der Waals surface area contributed by atoms with Gasteiger partial charge >= 0.3 is 18.1 Å². The lowest BCUT2D eigenvalue weighted by atomic mass is 9.79. The van der Waals surface area contributed by atoms with Crippen LogP contribution >= 0.6 is 0 Å². The smallest absolute Gasteiger partial charge is 0.471 e. The number of β-lactam (4-membered cyclic amide) rings is 1. The summed E-state index contributed by atoms with van der Waals surface area (Å²) in [6, 6.07) is -1.84. The number of nitrogens with zero attached hydrogens (tertiary/aromatic N) is 3. The van der Waals surface area contributed by atoms with Crippen molar-refractivity contribution in [2.24, 2.45) is 5.92 Å². The van der Waals surface area contributed by atoms with Crippen LogP contribution in [0, 0.1) is 5.92 Å². The molecule has 1 N–H and O–H groups in total. The Kier molecular flexibility index (Phi) is 3.88. The number of carbonyl (C=O) groups excluding carboxylic acids is 3. The summed E-state index contributed by atoms with van der Waals surface area (Å²) in [5, 5.41) is 9.70. The molecular formula is C19H18F3N3O5. The number of allylic oxidation sites excluding steroid dienone is 2. The molecule has 3 saturated heterocycles. The summed E-state index contributed by atoms with van der Waals surface area (Å²) in [4.78, 5) is 52.1. The second-order valence-corrected chi connectivity index (χ2v) is 8.39. The van der Waals surface area contributed by atoms with Crippen LogP contribution in [0.15, 0.2) is 22.9 Å². The molecule has 30 heavy (non-hydrogen) atoms. The first kappa shape index (κ1) is 19.1. The molecule has 4 aliphatic heterocycles. The molecule has 0 spiro atoms. The third kappa shape index (κ3) is 2.60. The number of rotatable bonds is 3. The van der Waals surface area contributed by atoms with E-state index in [4.69, 9.17) is 0 Å². The number of halogens is 3. The molecule has 0 aromatic heterocycles. The van der Waals surface area contributed by atoms with Crippen LogP contribution in [-0.2, 0) is 19.2 Å². The molecular weight excluding hydrogens is 407 g/mol. The minimum Gasteiger partial charge on any atom is -0.477 e. The van der Waals surface area contributed by atoms with Gasteiger partial charge < -0.3 is 14.9 Å². The Bertz CT molecular complexity index is 952. The molecule has 8 nitrogen and oxygen atoms in total. The molecule has 1 aliphatic carbocycles. The Morgan fingerprint density at radius 1 is 1.17 bits per heavy atom. The topological polar surface area (TPSA) is 98.2 Å². The van der Waals surface area contributed by atoms with E-state index in [1.807, 2.05) is 0 Å². The number of hydrogen-bond donors (Lipinski definition) is 1. The largest absolute Gasteiger partial charge is 0.477 e. The summed E-state index contributed by atoms with van der Waals surface area (Å²) in [5.74, 6) is -4.96. The van der Waals surface area contributed by atoms with Crippen molar-refractivity contribution in [3.8, 4) is 0 Å². The van der Waals surface area contributed by atoms with Crippen LogP contribution in [0.3, 0.4) is 0 Å². The highest BCUT2D eigenvalue weighted by Gasteiger charge is 2.66. The average molecular weight is 425 g/mol. The lowest BCUT2D eigenvalue weighted by Crippen LogP contribution is -2.70. The van der Waals surface area contributed by atoms with E-state index in [0.29, 0.717) is 23.4 Å². The first-order valence-corrected chi connectivity index (χ1v) is 9.78. The van der Waals surface area contributed by atoms with Crippen molar-refractivity contribution in [2.75, 3.05) is 13.1 Å². The van der Waals surface area contributed by atoms with Gasteiger partial charge in [0.05, 0.1) is 6.04 Å². The van der Waals surface area contributed by atoms with Gasteiger partial charge in [0.2, 0.25) is 5.91 Å². The highest BCUT2D eigenvalue weighted by molar-refractivity contribution is 6.04. The molecule has 0 bridgehead atoms. The molecule has 11 heteroatoms. The van der Waals surface area contributed by atoms with Crippen LogP contribution in [0.2, 0.25) is 0 Å². The highest BCUT2D eigenvalue weighted by atomic mass is 19.4. The van der Waals surface area contributed by atoms with Gasteiger partial charge in [-0.3, -0.25) is 19.3 Å².